The lowest BCUT2D eigenvalue weighted by atomic mass is 9.86. The van der Waals surface area contributed by atoms with Crippen molar-refractivity contribution >= 4 is 27.9 Å². The summed E-state index contributed by atoms with van der Waals surface area (Å²) in [6, 6.07) is 10.3. The molecule has 1 unspecified atom stereocenters. The van der Waals surface area contributed by atoms with Crippen molar-refractivity contribution in [3.8, 4) is 5.75 Å². The first kappa shape index (κ1) is 26.7. The molecule has 2 aliphatic rings. The first-order chi connectivity index (χ1) is 17.6. The highest BCUT2D eigenvalue weighted by molar-refractivity contribution is 7.92. The number of nitrogens with zero attached hydrogens (tertiary/aromatic N) is 2. The zero-order valence-corrected chi connectivity index (χ0v) is 21.8. The van der Waals surface area contributed by atoms with Gasteiger partial charge in [-0.3, -0.25) is 4.79 Å². The molecule has 1 saturated heterocycles. The second kappa shape index (κ2) is 11.0. The predicted molar refractivity (Wildman–Crippen MR) is 136 cm³/mol. The number of carbonyl (C=O) groups excluding carboxylic acids is 1. The van der Waals surface area contributed by atoms with Gasteiger partial charge < -0.3 is 14.7 Å². The molecule has 1 fully saturated rings. The van der Waals surface area contributed by atoms with E-state index in [4.69, 9.17) is 4.74 Å². The van der Waals surface area contributed by atoms with Gasteiger partial charge in [0.25, 0.3) is 5.91 Å². The van der Waals surface area contributed by atoms with Crippen LogP contribution in [0.1, 0.15) is 49.8 Å². The predicted octanol–water partition coefficient (Wildman–Crippen LogP) is 3.86. The van der Waals surface area contributed by atoms with Gasteiger partial charge in [-0.15, -0.1) is 0 Å². The Balaban J connectivity index is 1.70. The third-order valence-electron chi connectivity index (χ3n) is 7.14. The van der Waals surface area contributed by atoms with Gasteiger partial charge >= 0.3 is 16.3 Å². The Bertz CT molecular complexity index is 1270. The topological polar surface area (TPSA) is 116 Å². The van der Waals surface area contributed by atoms with Crippen molar-refractivity contribution in [1.29, 1.82) is 0 Å². The zero-order valence-electron chi connectivity index (χ0n) is 20.9. The van der Waals surface area contributed by atoms with Gasteiger partial charge in [0, 0.05) is 12.6 Å². The molecule has 11 heteroatoms. The monoisotopic (exact) mass is 533 g/mol. The fourth-order valence-electron chi connectivity index (χ4n) is 4.80. The fraction of sp³-hybridized carbons (Fsp3) is 0.462. The normalized spacial score (nSPS) is 19.2. The summed E-state index contributed by atoms with van der Waals surface area (Å²) in [5.74, 6) is -1.20. The summed E-state index contributed by atoms with van der Waals surface area (Å²) in [5, 5.41) is 9.85. The van der Waals surface area contributed by atoms with Crippen LogP contribution in [0.25, 0.3) is 0 Å². The molecule has 2 N–H and O–H groups in total. The first-order valence-electron chi connectivity index (χ1n) is 12.4. The number of amides is 2. The highest BCUT2D eigenvalue weighted by Gasteiger charge is 2.40. The lowest BCUT2D eigenvalue weighted by Crippen LogP contribution is -2.44. The SMILES string of the molecule is CCC(C)CCN(C(=O)O)[C@@H]1CCc2cc(OCc3ccccc3)c(N3CC(=O)NS3(=O)=O)c(F)c2C1. The van der Waals surface area contributed by atoms with Crippen molar-refractivity contribution in [2.45, 2.75) is 58.6 Å². The molecule has 37 heavy (non-hydrogen) atoms. The van der Waals surface area contributed by atoms with Crippen LogP contribution in [0.4, 0.5) is 14.9 Å². The molecule has 0 radical (unpaired) electrons. The van der Waals surface area contributed by atoms with Crippen LogP contribution in [0.5, 0.6) is 5.75 Å². The lowest BCUT2D eigenvalue weighted by molar-refractivity contribution is -0.117. The van der Waals surface area contributed by atoms with Crippen molar-refractivity contribution in [3.63, 3.8) is 0 Å². The molecule has 9 nitrogen and oxygen atoms in total. The second-order valence-electron chi connectivity index (χ2n) is 9.66. The van der Waals surface area contributed by atoms with Crippen molar-refractivity contribution in [3.05, 3.63) is 58.9 Å². The van der Waals surface area contributed by atoms with E-state index in [1.165, 1.54) is 4.90 Å². The first-order valence-corrected chi connectivity index (χ1v) is 13.9. The molecule has 0 spiro atoms. The van der Waals surface area contributed by atoms with Crippen LogP contribution in [0.3, 0.4) is 0 Å². The number of ether oxygens (including phenoxy) is 1. The lowest BCUT2D eigenvalue weighted by Gasteiger charge is -2.35. The zero-order chi connectivity index (χ0) is 26.7. The van der Waals surface area contributed by atoms with Crippen LogP contribution < -0.4 is 13.8 Å². The summed E-state index contributed by atoms with van der Waals surface area (Å²) in [4.78, 5) is 25.3. The number of halogens is 1. The maximum atomic E-state index is 16.2. The van der Waals surface area contributed by atoms with Crippen LogP contribution in [0, 0.1) is 11.7 Å². The van der Waals surface area contributed by atoms with Gasteiger partial charge in [0.2, 0.25) is 0 Å². The number of carbonyl (C=O) groups is 2. The van der Waals surface area contributed by atoms with E-state index in [1.807, 2.05) is 42.0 Å². The van der Waals surface area contributed by atoms with Gasteiger partial charge in [-0.2, -0.15) is 8.42 Å². The molecule has 2 amide bonds. The van der Waals surface area contributed by atoms with Crippen LogP contribution in [0.15, 0.2) is 36.4 Å². The largest absolute Gasteiger partial charge is 0.487 e. The summed E-state index contributed by atoms with van der Waals surface area (Å²) in [7, 11) is -4.30. The van der Waals surface area contributed by atoms with Gasteiger partial charge in [0.15, 0.2) is 5.82 Å². The summed E-state index contributed by atoms with van der Waals surface area (Å²) >= 11 is 0. The van der Waals surface area contributed by atoms with Crippen molar-refractivity contribution in [1.82, 2.24) is 9.62 Å². The van der Waals surface area contributed by atoms with Crippen molar-refractivity contribution < 1.29 is 32.2 Å². The van der Waals surface area contributed by atoms with Crippen molar-refractivity contribution in [2.24, 2.45) is 5.92 Å². The Morgan fingerprint density at radius 1 is 1.32 bits per heavy atom. The second-order valence-corrected chi connectivity index (χ2v) is 11.3. The molecular formula is C26H32FN3O6S. The number of aryl methyl sites for hydroxylation is 1. The number of fused-ring (bicyclic) bond motifs is 1. The minimum Gasteiger partial charge on any atom is -0.487 e. The number of hydrogen-bond acceptors (Lipinski definition) is 5. The van der Waals surface area contributed by atoms with E-state index in [-0.39, 0.29) is 30.0 Å². The van der Waals surface area contributed by atoms with Gasteiger partial charge in [-0.05, 0) is 54.4 Å². The van der Waals surface area contributed by atoms with E-state index in [9.17, 15) is 23.1 Å². The summed E-state index contributed by atoms with van der Waals surface area (Å²) in [6.45, 7) is 3.96. The van der Waals surface area contributed by atoms with Gasteiger partial charge in [-0.25, -0.2) is 18.2 Å². The van der Waals surface area contributed by atoms with Crippen LogP contribution in [0.2, 0.25) is 0 Å². The van der Waals surface area contributed by atoms with Gasteiger partial charge in [-0.1, -0.05) is 50.6 Å². The Labute approximate surface area is 216 Å². The van der Waals surface area contributed by atoms with E-state index < -0.39 is 40.6 Å². The summed E-state index contributed by atoms with van der Waals surface area (Å²) in [5.41, 5.74) is 1.37. The van der Waals surface area contributed by atoms with Gasteiger partial charge in [0.05, 0.1) is 0 Å². The maximum absolute atomic E-state index is 16.2. The number of benzene rings is 2. The fourth-order valence-corrected chi connectivity index (χ4v) is 5.96. The smallest absolute Gasteiger partial charge is 0.407 e. The third kappa shape index (κ3) is 5.82. The molecule has 2 aromatic rings. The van der Waals surface area contributed by atoms with E-state index in [0.717, 1.165) is 12.0 Å². The third-order valence-corrected chi connectivity index (χ3v) is 8.52. The van der Waals surface area contributed by atoms with E-state index in [0.29, 0.717) is 41.6 Å². The van der Waals surface area contributed by atoms with Crippen LogP contribution >= 0.6 is 0 Å². The van der Waals surface area contributed by atoms with E-state index >= 15 is 4.39 Å². The minimum absolute atomic E-state index is 0.0190. The Hall–Kier alpha value is -3.34. The number of anilines is 1. The standard InChI is InChI=1S/C26H32FN3O6S/c1-3-17(2)11-12-29(26(32)33)20-10-9-19-13-22(36-16-18-7-5-4-6-8-18)25(24(27)21(19)14-20)30-15-23(31)28-37(30,34)35/h4-8,13,17,20H,3,9-12,14-16H2,1-2H3,(H,28,31)(H,32,33)/t17?,20-/m1/s1. The minimum atomic E-state index is -4.30. The maximum Gasteiger partial charge on any atom is 0.407 e. The van der Waals surface area contributed by atoms with Gasteiger partial charge in [0.1, 0.15) is 24.6 Å². The Morgan fingerprint density at radius 3 is 2.68 bits per heavy atom. The Morgan fingerprint density at radius 2 is 2.05 bits per heavy atom. The van der Waals surface area contributed by atoms with E-state index in [1.54, 1.807) is 6.07 Å². The van der Waals surface area contributed by atoms with Crippen LogP contribution in [-0.4, -0.2) is 49.6 Å². The molecule has 4 rings (SSSR count). The molecule has 0 aromatic heterocycles. The molecular weight excluding hydrogens is 501 g/mol. The average molecular weight is 534 g/mol. The van der Waals surface area contributed by atoms with E-state index in [2.05, 4.69) is 6.92 Å². The molecule has 200 valence electrons. The average Bonchev–Trinajstić information content (AvgIpc) is 3.14. The molecule has 1 aliphatic carbocycles. The summed E-state index contributed by atoms with van der Waals surface area (Å²) < 4.78 is 49.9. The molecule has 2 aromatic carbocycles. The van der Waals surface area contributed by atoms with Crippen molar-refractivity contribution in [2.75, 3.05) is 17.4 Å². The quantitative estimate of drug-likeness (QED) is 0.506. The molecule has 0 bridgehead atoms. The number of hydrogen-bond donors (Lipinski definition) is 2. The molecule has 2 atom stereocenters. The Kier molecular flexibility index (Phi) is 7.91. The number of rotatable bonds is 9. The summed E-state index contributed by atoms with van der Waals surface area (Å²) in [6.07, 6.45) is 1.61. The highest BCUT2D eigenvalue weighted by atomic mass is 32.2. The molecule has 0 saturated carbocycles. The molecule has 1 heterocycles. The van der Waals surface area contributed by atoms with Crippen LogP contribution in [-0.2, 0) is 34.5 Å². The molecule has 1 aliphatic heterocycles. The highest BCUT2D eigenvalue weighted by Crippen LogP contribution is 2.41. The number of carboxylic acid groups (broad SMARTS) is 1. The number of nitrogens with one attached hydrogen (secondary N) is 1.